The molecule has 0 bridgehead atoms. The van der Waals surface area contributed by atoms with Crippen LogP contribution in [0.5, 0.6) is 0 Å². The molecule has 2 nitrogen and oxygen atoms in total. The molecule has 120 valence electrons. The topological polar surface area (TPSA) is 30.0 Å². The lowest BCUT2D eigenvalue weighted by Crippen LogP contribution is -2.05. The van der Waals surface area contributed by atoms with Crippen LogP contribution < -0.4 is 0 Å². The van der Waals surface area contributed by atoms with E-state index >= 15 is 0 Å². The lowest BCUT2D eigenvalue weighted by atomic mass is 9.90. The normalized spacial score (nSPS) is 15.0. The van der Waals surface area contributed by atoms with Gasteiger partial charge in [0.2, 0.25) is 0 Å². The van der Waals surface area contributed by atoms with Crippen molar-refractivity contribution in [1.82, 2.24) is 4.98 Å². The van der Waals surface area contributed by atoms with Gasteiger partial charge in [0.1, 0.15) is 5.82 Å². The van der Waals surface area contributed by atoms with E-state index in [1.165, 1.54) is 25.0 Å². The molecule has 0 amide bonds. The van der Waals surface area contributed by atoms with Crippen molar-refractivity contribution < 1.29 is 9.18 Å². The van der Waals surface area contributed by atoms with E-state index in [0.29, 0.717) is 11.5 Å². The highest BCUT2D eigenvalue weighted by atomic mass is 19.1. The third-order valence-electron chi connectivity index (χ3n) is 4.95. The molecule has 1 heterocycles. The first kappa shape index (κ1) is 15.0. The number of benzene rings is 2. The van der Waals surface area contributed by atoms with E-state index in [4.69, 9.17) is 4.98 Å². The molecule has 1 aliphatic carbocycles. The summed E-state index contributed by atoms with van der Waals surface area (Å²) in [7, 11) is 0. The van der Waals surface area contributed by atoms with Crippen LogP contribution in [0.25, 0.3) is 22.0 Å². The van der Waals surface area contributed by atoms with E-state index in [9.17, 15) is 9.18 Å². The SMILES string of the molecule is O=Cc1c(C2CCCC2)nc2ccccc2c1-c1ccc(F)cc1. The number of fused-ring (bicyclic) bond motifs is 1. The highest BCUT2D eigenvalue weighted by Crippen LogP contribution is 2.40. The van der Waals surface area contributed by atoms with E-state index in [0.717, 1.165) is 46.9 Å². The van der Waals surface area contributed by atoms with E-state index in [1.54, 1.807) is 12.1 Å². The Morgan fingerprint density at radius 1 is 1.00 bits per heavy atom. The van der Waals surface area contributed by atoms with Gasteiger partial charge in [-0.15, -0.1) is 0 Å². The number of hydrogen-bond acceptors (Lipinski definition) is 2. The van der Waals surface area contributed by atoms with Crippen molar-refractivity contribution in [2.75, 3.05) is 0 Å². The molecular weight excluding hydrogens is 301 g/mol. The minimum absolute atomic E-state index is 0.277. The molecule has 0 unspecified atom stereocenters. The number of halogens is 1. The van der Waals surface area contributed by atoms with E-state index < -0.39 is 0 Å². The maximum absolute atomic E-state index is 13.3. The van der Waals surface area contributed by atoms with Crippen molar-refractivity contribution in [3.63, 3.8) is 0 Å². The molecule has 1 aromatic heterocycles. The van der Waals surface area contributed by atoms with Crippen molar-refractivity contribution in [1.29, 1.82) is 0 Å². The van der Waals surface area contributed by atoms with Gasteiger partial charge in [0.05, 0.1) is 11.2 Å². The fraction of sp³-hybridized carbons (Fsp3) is 0.238. The smallest absolute Gasteiger partial charge is 0.152 e. The molecule has 0 aliphatic heterocycles. The standard InChI is InChI=1S/C21H18FNO/c22-16-11-9-14(10-12-16)20-17-7-3-4-8-19(17)23-21(18(20)13-24)15-5-1-2-6-15/h3-4,7-13,15H,1-2,5-6H2. The Morgan fingerprint density at radius 2 is 1.71 bits per heavy atom. The first-order valence-electron chi connectivity index (χ1n) is 8.41. The van der Waals surface area contributed by atoms with Crippen LogP contribution in [-0.4, -0.2) is 11.3 Å². The molecular formula is C21H18FNO. The Kier molecular flexibility index (Phi) is 3.85. The molecule has 24 heavy (non-hydrogen) atoms. The molecule has 0 saturated heterocycles. The summed E-state index contributed by atoms with van der Waals surface area (Å²) in [5.74, 6) is 0.0646. The summed E-state index contributed by atoms with van der Waals surface area (Å²) in [6.07, 6.45) is 5.45. The fourth-order valence-electron chi connectivity index (χ4n) is 3.80. The second-order valence-corrected chi connectivity index (χ2v) is 6.41. The number of aromatic nitrogens is 1. The van der Waals surface area contributed by atoms with Gasteiger partial charge in [0.25, 0.3) is 0 Å². The van der Waals surface area contributed by atoms with Gasteiger partial charge in [-0.05, 0) is 36.6 Å². The molecule has 4 rings (SSSR count). The first-order valence-corrected chi connectivity index (χ1v) is 8.41. The molecule has 0 N–H and O–H groups in total. The van der Waals surface area contributed by atoms with Crippen LogP contribution in [0.2, 0.25) is 0 Å². The molecule has 0 radical (unpaired) electrons. The van der Waals surface area contributed by atoms with Gasteiger partial charge >= 0.3 is 0 Å². The van der Waals surface area contributed by atoms with Crippen molar-refractivity contribution in [3.05, 3.63) is 65.6 Å². The summed E-state index contributed by atoms with van der Waals surface area (Å²) in [5.41, 5.74) is 4.19. The fourth-order valence-corrected chi connectivity index (χ4v) is 3.80. The van der Waals surface area contributed by atoms with Gasteiger partial charge in [0.15, 0.2) is 6.29 Å². The molecule has 1 aliphatic rings. The molecule has 2 aromatic carbocycles. The summed E-state index contributed by atoms with van der Waals surface area (Å²) >= 11 is 0. The number of nitrogens with zero attached hydrogens (tertiary/aromatic N) is 1. The van der Waals surface area contributed by atoms with Crippen LogP contribution in [0.3, 0.4) is 0 Å². The van der Waals surface area contributed by atoms with Gasteiger partial charge in [-0.3, -0.25) is 9.78 Å². The highest BCUT2D eigenvalue weighted by Gasteiger charge is 2.25. The molecule has 1 fully saturated rings. The molecule has 0 atom stereocenters. The lowest BCUT2D eigenvalue weighted by Gasteiger charge is -2.17. The largest absolute Gasteiger partial charge is 0.298 e. The van der Waals surface area contributed by atoms with Crippen molar-refractivity contribution >= 4 is 17.2 Å². The van der Waals surface area contributed by atoms with Gasteiger partial charge in [-0.25, -0.2) is 4.39 Å². The highest BCUT2D eigenvalue weighted by molar-refractivity contribution is 6.03. The summed E-state index contributed by atoms with van der Waals surface area (Å²) in [4.78, 5) is 16.8. The van der Waals surface area contributed by atoms with E-state index in [1.807, 2.05) is 24.3 Å². The van der Waals surface area contributed by atoms with Gasteiger partial charge in [-0.1, -0.05) is 43.2 Å². The van der Waals surface area contributed by atoms with Crippen LogP contribution in [0.1, 0.15) is 47.7 Å². The lowest BCUT2D eigenvalue weighted by molar-refractivity contribution is 0.112. The molecule has 3 aromatic rings. The zero-order chi connectivity index (χ0) is 16.5. The summed E-state index contributed by atoms with van der Waals surface area (Å²) in [6.45, 7) is 0. The first-order chi connectivity index (χ1) is 11.8. The molecule has 3 heteroatoms. The monoisotopic (exact) mass is 319 g/mol. The van der Waals surface area contributed by atoms with E-state index in [2.05, 4.69) is 0 Å². The predicted molar refractivity (Wildman–Crippen MR) is 93.7 cm³/mol. The number of carbonyl (C=O) groups excluding carboxylic acids is 1. The van der Waals surface area contributed by atoms with Crippen LogP contribution >= 0.6 is 0 Å². The average Bonchev–Trinajstić information content (AvgIpc) is 3.15. The second kappa shape index (κ2) is 6.16. The molecule has 1 saturated carbocycles. The zero-order valence-corrected chi connectivity index (χ0v) is 13.3. The maximum atomic E-state index is 13.3. The maximum Gasteiger partial charge on any atom is 0.152 e. The Bertz CT molecular complexity index is 896. The Hall–Kier alpha value is -2.55. The number of pyridine rings is 1. The summed E-state index contributed by atoms with van der Waals surface area (Å²) in [5, 5.41) is 0.938. The number of hydrogen-bond donors (Lipinski definition) is 0. The number of carbonyl (C=O) groups is 1. The zero-order valence-electron chi connectivity index (χ0n) is 13.3. The van der Waals surface area contributed by atoms with Crippen LogP contribution in [0.4, 0.5) is 4.39 Å². The second-order valence-electron chi connectivity index (χ2n) is 6.41. The van der Waals surface area contributed by atoms with Crippen molar-refractivity contribution in [3.8, 4) is 11.1 Å². The number of para-hydroxylation sites is 1. The number of aldehydes is 1. The average molecular weight is 319 g/mol. The third-order valence-corrected chi connectivity index (χ3v) is 4.95. The number of rotatable bonds is 3. The third kappa shape index (κ3) is 2.50. The van der Waals surface area contributed by atoms with Crippen LogP contribution in [0, 0.1) is 5.82 Å². The molecule has 0 spiro atoms. The summed E-state index contributed by atoms with van der Waals surface area (Å²) in [6, 6.07) is 14.2. The van der Waals surface area contributed by atoms with Gasteiger partial charge in [-0.2, -0.15) is 0 Å². The minimum atomic E-state index is -0.277. The van der Waals surface area contributed by atoms with Crippen LogP contribution in [0.15, 0.2) is 48.5 Å². The summed E-state index contributed by atoms with van der Waals surface area (Å²) < 4.78 is 13.3. The quantitative estimate of drug-likeness (QED) is 0.596. The Labute approximate surface area is 140 Å². The van der Waals surface area contributed by atoms with Crippen molar-refractivity contribution in [2.24, 2.45) is 0 Å². The minimum Gasteiger partial charge on any atom is -0.298 e. The Balaban J connectivity index is 2.04. The Morgan fingerprint density at radius 3 is 2.42 bits per heavy atom. The predicted octanol–water partition coefficient (Wildman–Crippen LogP) is 5.51. The van der Waals surface area contributed by atoms with Crippen molar-refractivity contribution in [2.45, 2.75) is 31.6 Å². The van der Waals surface area contributed by atoms with E-state index in [-0.39, 0.29) is 5.82 Å². The van der Waals surface area contributed by atoms with Crippen LogP contribution in [-0.2, 0) is 0 Å². The van der Waals surface area contributed by atoms with Gasteiger partial charge in [0, 0.05) is 22.4 Å². The van der Waals surface area contributed by atoms with Gasteiger partial charge < -0.3 is 0 Å².